The first-order valence-corrected chi connectivity index (χ1v) is 11.1. The lowest BCUT2D eigenvalue weighted by Crippen LogP contribution is -2.44. The van der Waals surface area contributed by atoms with Gasteiger partial charge in [-0.25, -0.2) is 9.98 Å². The molecule has 7 heteroatoms. The molecule has 0 atom stereocenters. The number of anilines is 1. The predicted molar refractivity (Wildman–Crippen MR) is 140 cm³/mol. The highest BCUT2D eigenvalue weighted by atomic mass is 127. The molecular weight excluding hydrogens is 499 g/mol. The number of hydrogen-bond acceptors (Lipinski definition) is 4. The summed E-state index contributed by atoms with van der Waals surface area (Å²) < 4.78 is 0. The zero-order valence-electron chi connectivity index (χ0n) is 18.7. The van der Waals surface area contributed by atoms with E-state index < -0.39 is 0 Å². The second kappa shape index (κ2) is 11.1. The van der Waals surface area contributed by atoms with Crippen molar-refractivity contribution in [3.63, 3.8) is 0 Å². The monoisotopic (exact) mass is 534 g/mol. The number of aliphatic imine (C=N–C) groups is 1. The maximum atomic E-state index is 4.79. The van der Waals surface area contributed by atoms with Crippen molar-refractivity contribution in [2.45, 2.75) is 31.7 Å². The molecule has 168 valence electrons. The first-order chi connectivity index (χ1) is 14.7. The number of nitrogens with one attached hydrogen (secondary N) is 2. The summed E-state index contributed by atoms with van der Waals surface area (Å²) in [6.45, 7) is 8.77. The molecule has 0 spiro atoms. The summed E-state index contributed by atoms with van der Waals surface area (Å²) >= 11 is 0. The lowest BCUT2D eigenvalue weighted by Gasteiger charge is -2.33. The number of aromatic nitrogens is 1. The summed E-state index contributed by atoms with van der Waals surface area (Å²) in [4.78, 5) is 14.2. The first-order valence-electron chi connectivity index (χ1n) is 11.1. The van der Waals surface area contributed by atoms with Crippen LogP contribution in [0.4, 0.5) is 5.82 Å². The number of piperazine rings is 1. The van der Waals surface area contributed by atoms with Crippen LogP contribution in [0.2, 0.25) is 0 Å². The smallest absolute Gasteiger partial charge is 0.191 e. The molecule has 2 fully saturated rings. The average molecular weight is 534 g/mol. The van der Waals surface area contributed by atoms with Crippen molar-refractivity contribution in [2.75, 3.05) is 51.2 Å². The van der Waals surface area contributed by atoms with Gasteiger partial charge in [-0.1, -0.05) is 36.4 Å². The van der Waals surface area contributed by atoms with Gasteiger partial charge in [-0.05, 0) is 44.0 Å². The lowest BCUT2D eigenvalue weighted by atomic mass is 9.96. The maximum Gasteiger partial charge on any atom is 0.191 e. The number of pyridine rings is 1. The molecular formula is C24H35IN6. The van der Waals surface area contributed by atoms with E-state index in [2.05, 4.69) is 81.9 Å². The minimum Gasteiger partial charge on any atom is -0.357 e. The summed E-state index contributed by atoms with van der Waals surface area (Å²) in [6, 6.07) is 15.1. The highest BCUT2D eigenvalue weighted by molar-refractivity contribution is 14.0. The quantitative estimate of drug-likeness (QED) is 0.325. The standard InChI is InChI=1S/C24H34N6.HI/c1-3-25-23(28-19-24(11-12-24)21-7-5-4-6-8-21)27-18-20-9-10-22(26-17-20)30-15-13-29(2)14-16-30;/h4-10,17H,3,11-16,18-19H2,1-2H3,(H2,25,27,28);1H. The van der Waals surface area contributed by atoms with E-state index in [-0.39, 0.29) is 29.4 Å². The lowest BCUT2D eigenvalue weighted by molar-refractivity contribution is 0.312. The fourth-order valence-corrected chi connectivity index (χ4v) is 4.01. The van der Waals surface area contributed by atoms with Crippen LogP contribution in [-0.4, -0.2) is 62.2 Å². The minimum atomic E-state index is 0. The second-order valence-corrected chi connectivity index (χ2v) is 8.51. The van der Waals surface area contributed by atoms with Gasteiger partial charge in [-0.2, -0.15) is 0 Å². The molecule has 0 bridgehead atoms. The van der Waals surface area contributed by atoms with Crippen molar-refractivity contribution in [3.05, 3.63) is 59.8 Å². The molecule has 1 aromatic heterocycles. The molecule has 2 aromatic rings. The third kappa shape index (κ3) is 6.32. The van der Waals surface area contributed by atoms with Gasteiger partial charge in [0.1, 0.15) is 5.82 Å². The van der Waals surface area contributed by atoms with Gasteiger partial charge in [0.05, 0.1) is 6.54 Å². The third-order valence-electron chi connectivity index (χ3n) is 6.23. The van der Waals surface area contributed by atoms with E-state index >= 15 is 0 Å². The van der Waals surface area contributed by atoms with Crippen LogP contribution >= 0.6 is 24.0 Å². The summed E-state index contributed by atoms with van der Waals surface area (Å²) in [5.74, 6) is 1.95. The molecule has 0 unspecified atom stereocenters. The van der Waals surface area contributed by atoms with E-state index in [0.29, 0.717) is 6.54 Å². The van der Waals surface area contributed by atoms with Crippen molar-refractivity contribution in [1.82, 2.24) is 20.5 Å². The predicted octanol–water partition coefficient (Wildman–Crippen LogP) is 3.24. The van der Waals surface area contributed by atoms with Crippen molar-refractivity contribution in [2.24, 2.45) is 4.99 Å². The Morgan fingerprint density at radius 3 is 2.39 bits per heavy atom. The summed E-state index contributed by atoms with van der Waals surface area (Å²) in [5, 5.41) is 6.94. The fraction of sp³-hybridized carbons (Fsp3) is 0.500. The average Bonchev–Trinajstić information content (AvgIpc) is 3.58. The van der Waals surface area contributed by atoms with Crippen LogP contribution in [0.15, 0.2) is 53.7 Å². The Kier molecular flexibility index (Phi) is 8.54. The van der Waals surface area contributed by atoms with Gasteiger partial charge in [0.25, 0.3) is 0 Å². The van der Waals surface area contributed by atoms with Crippen LogP contribution in [-0.2, 0) is 12.0 Å². The number of benzene rings is 1. The van der Waals surface area contributed by atoms with E-state index in [9.17, 15) is 0 Å². The Labute approximate surface area is 203 Å². The van der Waals surface area contributed by atoms with Crippen molar-refractivity contribution >= 4 is 35.8 Å². The van der Waals surface area contributed by atoms with Gasteiger partial charge >= 0.3 is 0 Å². The topological polar surface area (TPSA) is 55.8 Å². The van der Waals surface area contributed by atoms with E-state index in [4.69, 9.17) is 4.99 Å². The summed E-state index contributed by atoms with van der Waals surface area (Å²) in [6.07, 6.45) is 4.44. The molecule has 2 N–H and O–H groups in total. The third-order valence-corrected chi connectivity index (χ3v) is 6.23. The van der Waals surface area contributed by atoms with Crippen molar-refractivity contribution in [3.8, 4) is 0 Å². The Hall–Kier alpha value is -1.87. The number of rotatable bonds is 7. The molecule has 1 saturated carbocycles. The zero-order chi connectivity index (χ0) is 20.8. The van der Waals surface area contributed by atoms with Gasteiger partial charge < -0.3 is 20.4 Å². The fourth-order valence-electron chi connectivity index (χ4n) is 4.01. The molecule has 2 heterocycles. The molecule has 31 heavy (non-hydrogen) atoms. The molecule has 1 aromatic carbocycles. The number of halogens is 1. The van der Waals surface area contributed by atoms with Crippen LogP contribution in [0, 0.1) is 0 Å². The zero-order valence-corrected chi connectivity index (χ0v) is 21.0. The van der Waals surface area contributed by atoms with E-state index in [1.807, 2.05) is 6.20 Å². The van der Waals surface area contributed by atoms with Crippen LogP contribution in [0.3, 0.4) is 0 Å². The SMILES string of the molecule is CCNC(=NCc1ccc(N2CCN(C)CC2)nc1)NCC1(c2ccccc2)CC1.I. The molecule has 6 nitrogen and oxygen atoms in total. The van der Waals surface area contributed by atoms with Crippen LogP contribution < -0.4 is 15.5 Å². The van der Waals surface area contributed by atoms with E-state index in [1.165, 1.54) is 18.4 Å². The van der Waals surface area contributed by atoms with Crippen LogP contribution in [0.25, 0.3) is 0 Å². The number of likely N-dealkylation sites (N-methyl/N-ethyl adjacent to an activating group) is 1. The summed E-state index contributed by atoms with van der Waals surface area (Å²) in [5.41, 5.74) is 2.83. The van der Waals surface area contributed by atoms with E-state index in [0.717, 1.165) is 56.6 Å². The van der Waals surface area contributed by atoms with Gasteiger partial charge in [0.15, 0.2) is 5.96 Å². The second-order valence-electron chi connectivity index (χ2n) is 8.51. The van der Waals surface area contributed by atoms with E-state index in [1.54, 1.807) is 0 Å². The molecule has 4 rings (SSSR count). The number of nitrogens with zero attached hydrogens (tertiary/aromatic N) is 4. The van der Waals surface area contributed by atoms with Gasteiger partial charge in [-0.15, -0.1) is 24.0 Å². The molecule has 0 amide bonds. The number of hydrogen-bond donors (Lipinski definition) is 2. The highest BCUT2D eigenvalue weighted by Crippen LogP contribution is 2.47. The van der Waals surface area contributed by atoms with Crippen LogP contribution in [0.1, 0.15) is 30.9 Å². The Bertz CT molecular complexity index is 827. The largest absolute Gasteiger partial charge is 0.357 e. The maximum absolute atomic E-state index is 4.79. The molecule has 1 aliphatic carbocycles. The normalized spacial score (nSPS) is 18.3. The van der Waals surface area contributed by atoms with Gasteiger partial charge in [0, 0.05) is 50.9 Å². The molecule has 2 aliphatic rings. The molecule has 1 aliphatic heterocycles. The Morgan fingerprint density at radius 1 is 1.03 bits per heavy atom. The Balaban J connectivity index is 0.00000272. The van der Waals surface area contributed by atoms with Gasteiger partial charge in [0.2, 0.25) is 0 Å². The summed E-state index contributed by atoms with van der Waals surface area (Å²) in [7, 11) is 2.17. The first kappa shape index (κ1) is 23.8. The number of guanidine groups is 1. The van der Waals surface area contributed by atoms with Gasteiger partial charge in [-0.3, -0.25) is 0 Å². The molecule has 1 saturated heterocycles. The van der Waals surface area contributed by atoms with Crippen LogP contribution in [0.5, 0.6) is 0 Å². The van der Waals surface area contributed by atoms with Crippen molar-refractivity contribution < 1.29 is 0 Å². The molecule has 0 radical (unpaired) electrons. The highest BCUT2D eigenvalue weighted by Gasteiger charge is 2.43. The Morgan fingerprint density at radius 2 is 1.77 bits per heavy atom. The van der Waals surface area contributed by atoms with Crippen molar-refractivity contribution in [1.29, 1.82) is 0 Å². The minimum absolute atomic E-state index is 0.